The van der Waals surface area contributed by atoms with Gasteiger partial charge in [-0.25, -0.2) is 0 Å². The molecule has 2 aliphatic rings. The molecule has 3 atom stereocenters. The van der Waals surface area contributed by atoms with Crippen LogP contribution in [0.25, 0.3) is 0 Å². The third kappa shape index (κ3) is 3.44. The summed E-state index contributed by atoms with van der Waals surface area (Å²) in [5, 5.41) is 0. The fraction of sp³-hybridized carbons (Fsp3) is 0.194. The average molecular weight is 446 g/mol. The van der Waals surface area contributed by atoms with Crippen molar-refractivity contribution < 1.29 is 9.53 Å². The Morgan fingerprint density at radius 1 is 0.735 bits per heavy atom. The summed E-state index contributed by atoms with van der Waals surface area (Å²) in [6.07, 6.45) is -0.359. The van der Waals surface area contributed by atoms with Gasteiger partial charge in [-0.15, -0.1) is 0 Å². The molecule has 168 valence electrons. The first-order valence-corrected chi connectivity index (χ1v) is 11.9. The zero-order valence-corrected chi connectivity index (χ0v) is 19.0. The van der Waals surface area contributed by atoms with Gasteiger partial charge in [-0.1, -0.05) is 103 Å². The number of nitrogens with zero attached hydrogens (tertiary/aromatic N) is 1. The number of hydrogen-bond acceptors (Lipinski definition) is 3. The lowest BCUT2D eigenvalue weighted by Gasteiger charge is -2.44. The van der Waals surface area contributed by atoms with Gasteiger partial charge in [0.25, 0.3) is 0 Å². The van der Waals surface area contributed by atoms with Crippen molar-refractivity contribution in [2.75, 3.05) is 13.1 Å². The number of benzene rings is 4. The Kier molecular flexibility index (Phi) is 5.27. The zero-order valence-electron chi connectivity index (χ0n) is 19.0. The van der Waals surface area contributed by atoms with Gasteiger partial charge in [-0.3, -0.25) is 9.69 Å². The molecular formula is C31H27NO2. The minimum absolute atomic E-state index is 0.0171. The van der Waals surface area contributed by atoms with Gasteiger partial charge in [0, 0.05) is 25.6 Å². The van der Waals surface area contributed by atoms with Crippen molar-refractivity contribution in [2.24, 2.45) is 5.41 Å². The first-order chi connectivity index (χ1) is 16.8. The highest BCUT2D eigenvalue weighted by Crippen LogP contribution is 2.57. The highest BCUT2D eigenvalue weighted by Gasteiger charge is 2.61. The first-order valence-electron chi connectivity index (χ1n) is 11.9. The van der Waals surface area contributed by atoms with Crippen LogP contribution in [0.4, 0.5) is 0 Å². The van der Waals surface area contributed by atoms with Crippen molar-refractivity contribution in [3.8, 4) is 5.75 Å². The van der Waals surface area contributed by atoms with Gasteiger partial charge in [-0.05, 0) is 28.8 Å². The topological polar surface area (TPSA) is 29.5 Å². The van der Waals surface area contributed by atoms with E-state index in [2.05, 4.69) is 65.6 Å². The van der Waals surface area contributed by atoms with E-state index >= 15 is 0 Å². The lowest BCUT2D eigenvalue weighted by Crippen LogP contribution is -2.48. The number of Topliss-reactive ketones (excluding diaryl/α,β-unsaturated/α-hetero) is 1. The number of ketones is 1. The van der Waals surface area contributed by atoms with Crippen LogP contribution >= 0.6 is 0 Å². The Hall–Kier alpha value is -3.69. The van der Waals surface area contributed by atoms with Crippen LogP contribution in [0.1, 0.15) is 39.1 Å². The summed E-state index contributed by atoms with van der Waals surface area (Å²) in [5.41, 5.74) is 3.47. The molecule has 1 saturated heterocycles. The summed E-state index contributed by atoms with van der Waals surface area (Å²) in [5.74, 6) is 0.886. The van der Waals surface area contributed by atoms with E-state index in [4.69, 9.17) is 4.74 Å². The number of fused-ring (bicyclic) bond motifs is 1. The Morgan fingerprint density at radius 2 is 1.32 bits per heavy atom. The van der Waals surface area contributed by atoms with Crippen molar-refractivity contribution in [2.45, 2.75) is 18.6 Å². The second-order valence-electron chi connectivity index (χ2n) is 9.39. The van der Waals surface area contributed by atoms with Crippen molar-refractivity contribution in [3.63, 3.8) is 0 Å². The smallest absolute Gasteiger partial charge is 0.178 e. The normalized spacial score (nSPS) is 24.1. The lowest BCUT2D eigenvalue weighted by molar-refractivity contribution is 0.0212. The van der Waals surface area contributed by atoms with Crippen LogP contribution in [0.15, 0.2) is 115 Å². The van der Waals surface area contributed by atoms with Gasteiger partial charge < -0.3 is 4.74 Å². The third-order valence-electron chi connectivity index (χ3n) is 7.37. The SMILES string of the molecule is O=C1c2ccccc2O[C@@H](c2ccccc2)[C@]12CN(Cc1ccccc1)C[C@H]2c1ccccc1. The van der Waals surface area contributed by atoms with E-state index in [9.17, 15) is 4.79 Å². The third-order valence-corrected chi connectivity index (χ3v) is 7.37. The number of hydrogen-bond donors (Lipinski definition) is 0. The number of para-hydroxylation sites is 1. The van der Waals surface area contributed by atoms with Gasteiger partial charge in [0.1, 0.15) is 11.9 Å². The summed E-state index contributed by atoms with van der Waals surface area (Å²) in [6, 6.07) is 39.0. The predicted molar refractivity (Wildman–Crippen MR) is 134 cm³/mol. The Morgan fingerprint density at radius 3 is 2.03 bits per heavy atom. The number of ether oxygens (including phenoxy) is 1. The van der Waals surface area contributed by atoms with E-state index < -0.39 is 5.41 Å². The number of likely N-dealkylation sites (tertiary alicyclic amines) is 1. The van der Waals surface area contributed by atoms with Crippen molar-refractivity contribution in [3.05, 3.63) is 138 Å². The number of rotatable bonds is 4. The van der Waals surface area contributed by atoms with Gasteiger partial charge in [-0.2, -0.15) is 0 Å². The molecule has 1 fully saturated rings. The van der Waals surface area contributed by atoms with E-state index in [0.717, 1.165) is 18.7 Å². The molecule has 3 nitrogen and oxygen atoms in total. The van der Waals surface area contributed by atoms with Crippen molar-refractivity contribution in [1.29, 1.82) is 0 Å². The number of carbonyl (C=O) groups excluding carboxylic acids is 1. The van der Waals surface area contributed by atoms with Gasteiger partial charge in [0.15, 0.2) is 5.78 Å². The van der Waals surface area contributed by atoms with Crippen molar-refractivity contribution >= 4 is 5.78 Å². The van der Waals surface area contributed by atoms with E-state index in [1.807, 2.05) is 54.6 Å². The minimum Gasteiger partial charge on any atom is -0.484 e. The number of carbonyl (C=O) groups is 1. The molecule has 0 radical (unpaired) electrons. The molecule has 0 bridgehead atoms. The molecule has 34 heavy (non-hydrogen) atoms. The van der Waals surface area contributed by atoms with Crippen molar-refractivity contribution in [1.82, 2.24) is 4.90 Å². The molecule has 0 unspecified atom stereocenters. The van der Waals surface area contributed by atoms with Crippen LogP contribution in [-0.2, 0) is 6.54 Å². The maximum Gasteiger partial charge on any atom is 0.178 e. The molecule has 2 heterocycles. The first kappa shape index (κ1) is 20.9. The summed E-state index contributed by atoms with van der Waals surface area (Å²) in [4.78, 5) is 16.9. The van der Waals surface area contributed by atoms with E-state index in [1.54, 1.807) is 0 Å². The fourth-order valence-electron chi connectivity index (χ4n) is 5.86. The fourth-order valence-corrected chi connectivity index (χ4v) is 5.86. The molecule has 0 saturated carbocycles. The summed E-state index contributed by atoms with van der Waals surface area (Å²) in [6.45, 7) is 2.26. The quantitative estimate of drug-likeness (QED) is 0.370. The second kappa shape index (κ2) is 8.58. The largest absolute Gasteiger partial charge is 0.484 e. The van der Waals surface area contributed by atoms with E-state index in [1.165, 1.54) is 11.1 Å². The molecule has 0 N–H and O–H groups in total. The lowest BCUT2D eigenvalue weighted by atomic mass is 9.63. The van der Waals surface area contributed by atoms with Gasteiger partial charge in [0.2, 0.25) is 0 Å². The van der Waals surface area contributed by atoms with Crippen LogP contribution < -0.4 is 4.74 Å². The van der Waals surface area contributed by atoms with Gasteiger partial charge >= 0.3 is 0 Å². The Balaban J connectivity index is 1.52. The monoisotopic (exact) mass is 445 g/mol. The highest BCUT2D eigenvalue weighted by atomic mass is 16.5. The van der Waals surface area contributed by atoms with Crippen LogP contribution in [0.3, 0.4) is 0 Å². The van der Waals surface area contributed by atoms with Crippen LogP contribution in [0.5, 0.6) is 5.75 Å². The molecule has 4 aromatic rings. The van der Waals surface area contributed by atoms with E-state index in [0.29, 0.717) is 17.9 Å². The Bertz CT molecular complexity index is 1290. The summed E-state index contributed by atoms with van der Waals surface area (Å²) >= 11 is 0. The average Bonchev–Trinajstić information content (AvgIpc) is 3.27. The summed E-state index contributed by atoms with van der Waals surface area (Å²) < 4.78 is 6.73. The molecular weight excluding hydrogens is 418 g/mol. The van der Waals surface area contributed by atoms with Crippen LogP contribution in [-0.4, -0.2) is 23.8 Å². The predicted octanol–water partition coefficient (Wildman–Crippen LogP) is 6.29. The molecule has 6 rings (SSSR count). The molecule has 3 heteroatoms. The minimum atomic E-state index is -0.716. The molecule has 0 aromatic heterocycles. The van der Waals surface area contributed by atoms with Crippen LogP contribution in [0.2, 0.25) is 0 Å². The van der Waals surface area contributed by atoms with Crippen LogP contribution in [0, 0.1) is 5.41 Å². The molecule has 0 amide bonds. The molecule has 4 aromatic carbocycles. The molecule has 2 aliphatic heterocycles. The standard InChI is InChI=1S/C31H27NO2/c33-29-26-18-10-11-19-28(26)34-30(25-16-8-3-9-17-25)31(29)22-32(20-23-12-4-1-5-13-23)21-27(31)24-14-6-2-7-15-24/h1-19,27,30H,20-22H2/t27-,30-,31-/m0/s1. The molecule has 0 aliphatic carbocycles. The zero-order chi connectivity index (χ0) is 23.0. The molecule has 1 spiro atoms. The maximum absolute atomic E-state index is 14.5. The van der Waals surface area contributed by atoms with Gasteiger partial charge in [0.05, 0.1) is 11.0 Å². The van der Waals surface area contributed by atoms with E-state index in [-0.39, 0.29) is 17.8 Å². The highest BCUT2D eigenvalue weighted by molar-refractivity contribution is 6.05. The summed E-state index contributed by atoms with van der Waals surface area (Å²) in [7, 11) is 0. The second-order valence-corrected chi connectivity index (χ2v) is 9.39. The Labute approximate surface area is 200 Å². The maximum atomic E-state index is 14.5.